The standard InChI is InChI=1S/C26H26O4/c1-28-25-18-17-23(27)24(30-25)19-29-26(20-11-5-2-6-12-20,21-13-7-3-8-14-21)22-15-9-4-10-16-22/h2-18,23-25,27H,19H2,1H3. The molecule has 0 aromatic heterocycles. The molecule has 1 aliphatic heterocycles. The molecule has 3 unspecified atom stereocenters. The molecule has 0 bridgehead atoms. The van der Waals surface area contributed by atoms with E-state index in [0.717, 1.165) is 16.7 Å². The molecule has 0 radical (unpaired) electrons. The molecule has 3 aromatic rings. The second-order valence-electron chi connectivity index (χ2n) is 7.24. The van der Waals surface area contributed by atoms with Gasteiger partial charge in [-0.05, 0) is 22.8 Å². The highest BCUT2D eigenvalue weighted by molar-refractivity contribution is 5.47. The molecular formula is C26H26O4. The Hall–Kier alpha value is -2.76. The zero-order chi connectivity index (χ0) is 20.8. The maximum absolute atomic E-state index is 10.4. The molecule has 4 rings (SSSR count). The molecule has 1 N–H and O–H groups in total. The first-order valence-electron chi connectivity index (χ1n) is 10.1. The lowest BCUT2D eigenvalue weighted by molar-refractivity contribution is -0.183. The summed E-state index contributed by atoms with van der Waals surface area (Å²) in [6.07, 6.45) is 1.59. The Kier molecular flexibility index (Phi) is 6.41. The van der Waals surface area contributed by atoms with Gasteiger partial charge in [-0.15, -0.1) is 0 Å². The van der Waals surface area contributed by atoms with Gasteiger partial charge in [0.05, 0.1) is 6.61 Å². The number of benzene rings is 3. The van der Waals surface area contributed by atoms with Crippen LogP contribution in [0, 0.1) is 0 Å². The first kappa shape index (κ1) is 20.5. The van der Waals surface area contributed by atoms with Gasteiger partial charge in [0.25, 0.3) is 0 Å². The van der Waals surface area contributed by atoms with E-state index in [1.165, 1.54) is 0 Å². The topological polar surface area (TPSA) is 47.9 Å². The Morgan fingerprint density at radius 1 is 0.767 bits per heavy atom. The summed E-state index contributed by atoms with van der Waals surface area (Å²) >= 11 is 0. The van der Waals surface area contributed by atoms with Crippen LogP contribution in [0.3, 0.4) is 0 Å². The number of methoxy groups -OCH3 is 1. The summed E-state index contributed by atoms with van der Waals surface area (Å²) in [6, 6.07) is 30.4. The summed E-state index contributed by atoms with van der Waals surface area (Å²) in [5, 5.41) is 10.4. The lowest BCUT2D eigenvalue weighted by Gasteiger charge is -2.38. The van der Waals surface area contributed by atoms with Crippen molar-refractivity contribution in [3.05, 3.63) is 120 Å². The van der Waals surface area contributed by atoms with Crippen LogP contribution in [0.5, 0.6) is 0 Å². The number of hydrogen-bond donors (Lipinski definition) is 1. The second kappa shape index (κ2) is 9.37. The molecule has 3 atom stereocenters. The molecule has 154 valence electrons. The van der Waals surface area contributed by atoms with Crippen molar-refractivity contribution >= 4 is 0 Å². The van der Waals surface area contributed by atoms with E-state index in [4.69, 9.17) is 14.2 Å². The summed E-state index contributed by atoms with van der Waals surface area (Å²) in [5.41, 5.74) is 2.17. The molecular weight excluding hydrogens is 376 g/mol. The molecule has 0 aliphatic carbocycles. The van der Waals surface area contributed by atoms with Crippen LogP contribution in [0.15, 0.2) is 103 Å². The smallest absolute Gasteiger partial charge is 0.177 e. The maximum Gasteiger partial charge on any atom is 0.177 e. The van der Waals surface area contributed by atoms with E-state index in [1.54, 1.807) is 19.3 Å². The molecule has 0 amide bonds. The van der Waals surface area contributed by atoms with Gasteiger partial charge in [0.1, 0.15) is 17.8 Å². The number of hydrogen-bond acceptors (Lipinski definition) is 4. The summed E-state index contributed by atoms with van der Waals surface area (Å²) < 4.78 is 17.9. The van der Waals surface area contributed by atoms with E-state index >= 15 is 0 Å². The Bertz CT molecular complexity index is 844. The van der Waals surface area contributed by atoms with Gasteiger partial charge in [0.2, 0.25) is 0 Å². The van der Waals surface area contributed by atoms with Crippen LogP contribution >= 0.6 is 0 Å². The van der Waals surface area contributed by atoms with E-state index in [2.05, 4.69) is 36.4 Å². The molecule has 0 saturated carbocycles. The van der Waals surface area contributed by atoms with Gasteiger partial charge in [-0.2, -0.15) is 0 Å². The van der Waals surface area contributed by atoms with Gasteiger partial charge in [-0.1, -0.05) is 97.1 Å². The van der Waals surface area contributed by atoms with Crippen molar-refractivity contribution in [2.75, 3.05) is 13.7 Å². The van der Waals surface area contributed by atoms with Gasteiger partial charge in [-0.3, -0.25) is 0 Å². The molecule has 0 fully saturated rings. The first-order chi connectivity index (χ1) is 14.7. The van der Waals surface area contributed by atoms with Gasteiger partial charge < -0.3 is 19.3 Å². The van der Waals surface area contributed by atoms with Crippen LogP contribution in [0.1, 0.15) is 16.7 Å². The number of ether oxygens (including phenoxy) is 3. The van der Waals surface area contributed by atoms with Crippen molar-refractivity contribution in [3.63, 3.8) is 0 Å². The van der Waals surface area contributed by atoms with Crippen LogP contribution < -0.4 is 0 Å². The van der Waals surface area contributed by atoms with Crippen molar-refractivity contribution in [3.8, 4) is 0 Å². The second-order valence-corrected chi connectivity index (χ2v) is 7.24. The largest absolute Gasteiger partial charge is 0.386 e. The molecule has 0 spiro atoms. The lowest BCUT2D eigenvalue weighted by atomic mass is 9.80. The van der Waals surface area contributed by atoms with Crippen molar-refractivity contribution in [1.82, 2.24) is 0 Å². The van der Waals surface area contributed by atoms with Crippen molar-refractivity contribution in [2.45, 2.75) is 24.1 Å². The average molecular weight is 402 g/mol. The van der Waals surface area contributed by atoms with E-state index in [9.17, 15) is 5.11 Å². The summed E-state index contributed by atoms with van der Waals surface area (Å²) in [7, 11) is 1.58. The zero-order valence-corrected chi connectivity index (χ0v) is 16.9. The first-order valence-corrected chi connectivity index (χ1v) is 10.1. The minimum atomic E-state index is -0.851. The third-order valence-corrected chi connectivity index (χ3v) is 5.39. The molecule has 3 aromatic carbocycles. The third kappa shape index (κ3) is 4.09. The number of rotatable bonds is 7. The van der Waals surface area contributed by atoms with Gasteiger partial charge in [-0.25, -0.2) is 0 Å². The Morgan fingerprint density at radius 2 is 1.23 bits per heavy atom. The highest BCUT2D eigenvalue weighted by Crippen LogP contribution is 2.40. The predicted octanol–water partition coefficient (Wildman–Crippen LogP) is 4.28. The fraction of sp³-hybridized carbons (Fsp3) is 0.231. The summed E-state index contributed by atoms with van der Waals surface area (Å²) in [6.45, 7) is 0.185. The van der Waals surface area contributed by atoms with Crippen LogP contribution in [0.4, 0.5) is 0 Å². The molecule has 1 aliphatic rings. The van der Waals surface area contributed by atoms with Gasteiger partial charge in [0, 0.05) is 7.11 Å². The average Bonchev–Trinajstić information content (AvgIpc) is 2.82. The van der Waals surface area contributed by atoms with Crippen LogP contribution in [0.2, 0.25) is 0 Å². The minimum absolute atomic E-state index is 0.185. The Morgan fingerprint density at radius 3 is 1.67 bits per heavy atom. The lowest BCUT2D eigenvalue weighted by Crippen LogP contribution is -2.43. The minimum Gasteiger partial charge on any atom is -0.386 e. The van der Waals surface area contributed by atoms with Gasteiger partial charge in [0.15, 0.2) is 6.29 Å². The zero-order valence-electron chi connectivity index (χ0n) is 16.9. The fourth-order valence-electron chi connectivity index (χ4n) is 3.87. The predicted molar refractivity (Wildman–Crippen MR) is 116 cm³/mol. The van der Waals surface area contributed by atoms with Crippen molar-refractivity contribution < 1.29 is 19.3 Å². The highest BCUT2D eigenvalue weighted by Gasteiger charge is 2.39. The van der Waals surface area contributed by atoms with Crippen LogP contribution in [-0.4, -0.2) is 37.3 Å². The van der Waals surface area contributed by atoms with E-state index in [0.29, 0.717) is 0 Å². The Balaban J connectivity index is 1.78. The summed E-state index contributed by atoms with van der Waals surface area (Å²) in [4.78, 5) is 0. The van der Waals surface area contributed by atoms with Crippen LogP contribution in [0.25, 0.3) is 0 Å². The Labute approximate surface area is 177 Å². The third-order valence-electron chi connectivity index (χ3n) is 5.39. The fourth-order valence-corrected chi connectivity index (χ4v) is 3.87. The molecule has 4 nitrogen and oxygen atoms in total. The van der Waals surface area contributed by atoms with E-state index in [1.807, 2.05) is 54.6 Å². The van der Waals surface area contributed by atoms with Gasteiger partial charge >= 0.3 is 0 Å². The maximum atomic E-state index is 10.4. The number of aliphatic hydroxyl groups is 1. The quantitative estimate of drug-likeness (QED) is 0.473. The summed E-state index contributed by atoms with van der Waals surface area (Å²) in [5.74, 6) is 0. The molecule has 4 heteroatoms. The highest BCUT2D eigenvalue weighted by atomic mass is 16.7. The monoisotopic (exact) mass is 402 g/mol. The SMILES string of the molecule is COC1C=CC(O)C(COC(c2ccccc2)(c2ccccc2)c2ccccc2)O1. The normalized spacial score (nSPS) is 21.5. The number of aliphatic hydroxyl groups excluding tert-OH is 1. The molecule has 0 saturated heterocycles. The molecule has 1 heterocycles. The van der Waals surface area contributed by atoms with Crippen molar-refractivity contribution in [2.24, 2.45) is 0 Å². The van der Waals surface area contributed by atoms with Crippen molar-refractivity contribution in [1.29, 1.82) is 0 Å². The van der Waals surface area contributed by atoms with E-state index < -0.39 is 24.1 Å². The van der Waals surface area contributed by atoms with Crippen LogP contribution in [-0.2, 0) is 19.8 Å². The van der Waals surface area contributed by atoms with E-state index in [-0.39, 0.29) is 6.61 Å². The molecule has 30 heavy (non-hydrogen) atoms.